The van der Waals surface area contributed by atoms with Gasteiger partial charge in [0.1, 0.15) is 12.4 Å². The minimum atomic E-state index is -3.64. The van der Waals surface area contributed by atoms with E-state index in [2.05, 4.69) is 21.2 Å². The third-order valence-electron chi connectivity index (χ3n) is 3.86. The second kappa shape index (κ2) is 8.18. The van der Waals surface area contributed by atoms with Crippen molar-refractivity contribution < 1.29 is 17.6 Å². The highest BCUT2D eigenvalue weighted by molar-refractivity contribution is 9.10. The third-order valence-corrected chi connectivity index (χ3v) is 5.89. The maximum atomic E-state index is 13.0. The van der Waals surface area contributed by atoms with Crippen LogP contribution < -0.4 is 9.62 Å². The first-order valence-electron chi connectivity index (χ1n) is 7.86. The maximum absolute atomic E-state index is 13.0. The van der Waals surface area contributed by atoms with Crippen LogP contribution in [0, 0.1) is 12.7 Å². The predicted octanol–water partition coefficient (Wildman–Crippen LogP) is 3.54. The van der Waals surface area contributed by atoms with Gasteiger partial charge in [-0.25, -0.2) is 12.8 Å². The van der Waals surface area contributed by atoms with Crippen molar-refractivity contribution in [3.05, 3.63) is 63.9 Å². The molecule has 0 aliphatic carbocycles. The van der Waals surface area contributed by atoms with E-state index in [-0.39, 0.29) is 18.4 Å². The lowest BCUT2D eigenvalue weighted by molar-refractivity contribution is -0.120. The molecule has 1 amide bonds. The van der Waals surface area contributed by atoms with Crippen LogP contribution >= 0.6 is 15.9 Å². The summed E-state index contributed by atoms with van der Waals surface area (Å²) >= 11 is 3.37. The molecule has 5 nitrogen and oxygen atoms in total. The number of benzene rings is 2. The standard InChI is InChI=1S/C18H20BrFN2O3S/c1-12-10-16(8-9-17(12)19)22(26(3,24)25)11-18(23)21-13(2)14-4-6-15(20)7-5-14/h4-10,13H,11H2,1-3H3,(H,21,23). The summed E-state index contributed by atoms with van der Waals surface area (Å²) < 4.78 is 39.2. The quantitative estimate of drug-likeness (QED) is 0.743. The molecule has 1 atom stereocenters. The Balaban J connectivity index is 2.16. The molecule has 0 fully saturated rings. The molecular weight excluding hydrogens is 423 g/mol. The Kier molecular flexibility index (Phi) is 6.41. The van der Waals surface area contributed by atoms with E-state index in [9.17, 15) is 17.6 Å². The molecule has 0 spiro atoms. The average Bonchev–Trinajstić information content (AvgIpc) is 2.55. The Morgan fingerprint density at radius 3 is 2.38 bits per heavy atom. The van der Waals surface area contributed by atoms with E-state index in [1.807, 2.05) is 6.92 Å². The first kappa shape index (κ1) is 20.4. The van der Waals surface area contributed by atoms with Crippen molar-refractivity contribution in [2.45, 2.75) is 19.9 Å². The van der Waals surface area contributed by atoms with Crippen LogP contribution in [0.1, 0.15) is 24.1 Å². The maximum Gasteiger partial charge on any atom is 0.241 e. The van der Waals surface area contributed by atoms with E-state index >= 15 is 0 Å². The Morgan fingerprint density at radius 1 is 1.23 bits per heavy atom. The van der Waals surface area contributed by atoms with E-state index in [4.69, 9.17) is 0 Å². The number of amides is 1. The third kappa shape index (κ3) is 5.28. The van der Waals surface area contributed by atoms with Crippen LogP contribution in [0.15, 0.2) is 46.9 Å². The Bertz CT molecular complexity index is 901. The molecule has 0 aromatic heterocycles. The van der Waals surface area contributed by atoms with Gasteiger partial charge in [-0.15, -0.1) is 0 Å². The monoisotopic (exact) mass is 442 g/mol. The lowest BCUT2D eigenvalue weighted by Gasteiger charge is -2.24. The number of aryl methyl sites for hydroxylation is 1. The van der Waals surface area contributed by atoms with Crippen molar-refractivity contribution in [2.75, 3.05) is 17.1 Å². The van der Waals surface area contributed by atoms with Crippen molar-refractivity contribution in [3.8, 4) is 0 Å². The summed E-state index contributed by atoms with van der Waals surface area (Å²) in [5, 5.41) is 2.74. The van der Waals surface area contributed by atoms with Gasteiger partial charge in [-0.3, -0.25) is 9.10 Å². The van der Waals surface area contributed by atoms with E-state index in [0.29, 0.717) is 5.69 Å². The topological polar surface area (TPSA) is 66.5 Å². The second-order valence-corrected chi connectivity index (χ2v) is 8.81. The molecule has 0 saturated heterocycles. The molecule has 2 aromatic carbocycles. The fourth-order valence-electron chi connectivity index (χ4n) is 2.44. The molecule has 2 aromatic rings. The van der Waals surface area contributed by atoms with Gasteiger partial charge >= 0.3 is 0 Å². The fourth-order valence-corrected chi connectivity index (χ4v) is 3.53. The second-order valence-electron chi connectivity index (χ2n) is 6.04. The number of hydrogen-bond donors (Lipinski definition) is 1. The number of anilines is 1. The zero-order chi connectivity index (χ0) is 19.5. The first-order valence-corrected chi connectivity index (χ1v) is 10.5. The van der Waals surface area contributed by atoms with E-state index in [0.717, 1.165) is 26.2 Å². The van der Waals surface area contributed by atoms with Crippen LogP contribution in [-0.2, 0) is 14.8 Å². The highest BCUT2D eigenvalue weighted by Crippen LogP contribution is 2.24. The van der Waals surface area contributed by atoms with Gasteiger partial charge in [-0.1, -0.05) is 28.1 Å². The summed E-state index contributed by atoms with van der Waals surface area (Å²) in [7, 11) is -3.64. The smallest absolute Gasteiger partial charge is 0.241 e. The summed E-state index contributed by atoms with van der Waals surface area (Å²) in [6, 6.07) is 10.5. The van der Waals surface area contributed by atoms with Crippen LogP contribution in [0.25, 0.3) is 0 Å². The molecule has 0 bridgehead atoms. The van der Waals surface area contributed by atoms with Gasteiger partial charge in [-0.05, 0) is 55.3 Å². The number of halogens is 2. The molecule has 140 valence electrons. The Morgan fingerprint density at radius 2 is 1.85 bits per heavy atom. The number of carbonyl (C=O) groups is 1. The summed E-state index contributed by atoms with van der Waals surface area (Å²) in [4.78, 5) is 12.4. The largest absolute Gasteiger partial charge is 0.348 e. The highest BCUT2D eigenvalue weighted by atomic mass is 79.9. The van der Waals surface area contributed by atoms with Gasteiger partial charge in [0.15, 0.2) is 0 Å². The molecule has 0 aliphatic rings. The van der Waals surface area contributed by atoms with Gasteiger partial charge in [0.25, 0.3) is 0 Å². The minimum absolute atomic E-state index is 0.342. The molecule has 26 heavy (non-hydrogen) atoms. The normalized spacial score (nSPS) is 12.5. The number of hydrogen-bond acceptors (Lipinski definition) is 3. The van der Waals surface area contributed by atoms with Crippen molar-refractivity contribution in [2.24, 2.45) is 0 Å². The average molecular weight is 443 g/mol. The van der Waals surface area contributed by atoms with Crippen LogP contribution in [0.2, 0.25) is 0 Å². The van der Waals surface area contributed by atoms with Crippen molar-refractivity contribution in [1.82, 2.24) is 5.32 Å². The van der Waals surface area contributed by atoms with Gasteiger partial charge in [0.05, 0.1) is 18.0 Å². The van der Waals surface area contributed by atoms with Crippen molar-refractivity contribution in [1.29, 1.82) is 0 Å². The molecule has 1 N–H and O–H groups in total. The predicted molar refractivity (Wildman–Crippen MR) is 104 cm³/mol. The molecule has 0 heterocycles. The van der Waals surface area contributed by atoms with E-state index in [1.54, 1.807) is 37.3 Å². The SMILES string of the molecule is Cc1cc(N(CC(=O)NC(C)c2ccc(F)cc2)S(C)(=O)=O)ccc1Br. The van der Waals surface area contributed by atoms with Crippen LogP contribution in [0.4, 0.5) is 10.1 Å². The van der Waals surface area contributed by atoms with Crippen molar-refractivity contribution >= 4 is 37.5 Å². The van der Waals surface area contributed by atoms with Gasteiger partial charge in [0, 0.05) is 4.47 Å². The van der Waals surface area contributed by atoms with Crippen LogP contribution in [0.5, 0.6) is 0 Å². The number of rotatable bonds is 6. The van der Waals surface area contributed by atoms with E-state index < -0.39 is 15.9 Å². The number of carbonyl (C=O) groups excluding carboxylic acids is 1. The number of nitrogens with one attached hydrogen (secondary N) is 1. The molecular formula is C18H20BrFN2O3S. The van der Waals surface area contributed by atoms with Gasteiger partial charge < -0.3 is 5.32 Å². The fraction of sp³-hybridized carbons (Fsp3) is 0.278. The van der Waals surface area contributed by atoms with E-state index in [1.165, 1.54) is 12.1 Å². The highest BCUT2D eigenvalue weighted by Gasteiger charge is 2.22. The van der Waals surface area contributed by atoms with Crippen LogP contribution in [0.3, 0.4) is 0 Å². The first-order chi connectivity index (χ1) is 12.1. The van der Waals surface area contributed by atoms with Crippen LogP contribution in [-0.4, -0.2) is 27.1 Å². The molecule has 8 heteroatoms. The zero-order valence-corrected chi connectivity index (χ0v) is 17.1. The minimum Gasteiger partial charge on any atom is -0.348 e. The number of nitrogens with zero attached hydrogens (tertiary/aromatic N) is 1. The summed E-state index contributed by atoms with van der Waals surface area (Å²) in [6.07, 6.45) is 1.06. The van der Waals surface area contributed by atoms with Crippen molar-refractivity contribution in [3.63, 3.8) is 0 Å². The summed E-state index contributed by atoms with van der Waals surface area (Å²) in [6.45, 7) is 3.25. The van der Waals surface area contributed by atoms with Gasteiger partial charge in [-0.2, -0.15) is 0 Å². The Hall–Kier alpha value is -1.93. The zero-order valence-electron chi connectivity index (χ0n) is 14.7. The Labute approximate surface area is 161 Å². The number of sulfonamides is 1. The molecule has 0 saturated carbocycles. The van der Waals surface area contributed by atoms with Gasteiger partial charge in [0.2, 0.25) is 15.9 Å². The molecule has 1 unspecified atom stereocenters. The summed E-state index contributed by atoms with van der Waals surface area (Å²) in [5.74, 6) is -0.811. The lowest BCUT2D eigenvalue weighted by Crippen LogP contribution is -2.41. The summed E-state index contributed by atoms with van der Waals surface area (Å²) in [5.41, 5.74) is 2.00. The molecule has 2 rings (SSSR count). The lowest BCUT2D eigenvalue weighted by atomic mass is 10.1. The molecule has 0 radical (unpaired) electrons. The molecule has 0 aliphatic heterocycles.